The normalized spacial score (nSPS) is 12.0. The Morgan fingerprint density at radius 2 is 1.81 bits per heavy atom. The molecule has 0 radical (unpaired) electrons. The van der Waals surface area contributed by atoms with Crippen LogP contribution in [0.1, 0.15) is 38.3 Å². The third kappa shape index (κ3) is 7.78. The molecule has 8 heteroatoms. The van der Waals surface area contributed by atoms with Crippen molar-refractivity contribution in [1.82, 2.24) is 10.2 Å². The minimum Gasteiger partial charge on any atom is -0.354 e. The van der Waals surface area contributed by atoms with Gasteiger partial charge in [0, 0.05) is 29.4 Å². The lowest BCUT2D eigenvalue weighted by Gasteiger charge is -2.31. The van der Waals surface area contributed by atoms with Crippen LogP contribution >= 0.6 is 23.4 Å². The van der Waals surface area contributed by atoms with Gasteiger partial charge in [-0.3, -0.25) is 9.59 Å². The highest BCUT2D eigenvalue weighted by Gasteiger charge is 2.28. The van der Waals surface area contributed by atoms with Crippen molar-refractivity contribution in [1.29, 1.82) is 0 Å². The van der Waals surface area contributed by atoms with E-state index in [1.807, 2.05) is 20.8 Å². The second kappa shape index (κ2) is 12.8. The molecule has 0 aliphatic heterocycles. The zero-order chi connectivity index (χ0) is 23.7. The van der Waals surface area contributed by atoms with Gasteiger partial charge in [-0.05, 0) is 42.2 Å². The van der Waals surface area contributed by atoms with Gasteiger partial charge in [0.05, 0.1) is 5.75 Å². The van der Waals surface area contributed by atoms with E-state index in [1.54, 1.807) is 18.2 Å². The number of benzene rings is 2. The van der Waals surface area contributed by atoms with E-state index in [2.05, 4.69) is 5.32 Å². The Hall–Kier alpha value is -2.12. The second-order valence-corrected chi connectivity index (χ2v) is 9.30. The monoisotopic (exact) mass is 482 g/mol. The molecule has 0 unspecified atom stereocenters. The first-order valence-corrected chi connectivity index (χ1v) is 12.1. The molecule has 0 spiro atoms. The predicted molar refractivity (Wildman–Crippen MR) is 126 cm³/mol. The molecule has 0 heterocycles. The number of amides is 2. The summed E-state index contributed by atoms with van der Waals surface area (Å²) in [5, 5.41) is 3.21. The smallest absolute Gasteiger partial charge is 0.242 e. The van der Waals surface area contributed by atoms with Crippen LogP contribution in [0.2, 0.25) is 5.02 Å². The number of rotatable bonds is 11. The van der Waals surface area contributed by atoms with E-state index in [1.165, 1.54) is 40.9 Å². The van der Waals surface area contributed by atoms with Crippen LogP contribution in [0.4, 0.5) is 8.78 Å². The van der Waals surface area contributed by atoms with Gasteiger partial charge in [-0.1, -0.05) is 50.6 Å². The standard InChI is InChI=1S/C24H29ClF2N2O2S/c1-4-22(24(31)28-12-16(2)3)29(13-17-8-10-18(26)11-9-17)23(30)15-32-14-19-20(25)6-5-7-21(19)27/h5-11,16,22H,4,12-15H2,1-3H3,(H,28,31)/t22-/m0/s1. The van der Waals surface area contributed by atoms with Crippen LogP contribution in [-0.4, -0.2) is 35.1 Å². The Morgan fingerprint density at radius 1 is 1.12 bits per heavy atom. The van der Waals surface area contributed by atoms with Gasteiger partial charge in [-0.25, -0.2) is 8.78 Å². The molecule has 2 rings (SSSR count). The fourth-order valence-corrected chi connectivity index (χ4v) is 4.37. The SMILES string of the molecule is CC[C@@H](C(=O)NCC(C)C)N(Cc1ccc(F)cc1)C(=O)CSCc1c(F)cccc1Cl. The fraction of sp³-hybridized carbons (Fsp3) is 0.417. The largest absolute Gasteiger partial charge is 0.354 e. The lowest BCUT2D eigenvalue weighted by molar-refractivity contribution is -0.139. The Kier molecular flexibility index (Phi) is 10.5. The van der Waals surface area contributed by atoms with E-state index in [4.69, 9.17) is 11.6 Å². The molecule has 4 nitrogen and oxygen atoms in total. The third-order valence-corrected chi connectivity index (χ3v) is 6.17. The molecule has 174 valence electrons. The van der Waals surface area contributed by atoms with Gasteiger partial charge in [0.2, 0.25) is 11.8 Å². The van der Waals surface area contributed by atoms with E-state index in [9.17, 15) is 18.4 Å². The Bertz CT molecular complexity index is 889. The van der Waals surface area contributed by atoms with Crippen molar-refractivity contribution in [3.63, 3.8) is 0 Å². The maximum absolute atomic E-state index is 14.0. The summed E-state index contributed by atoms with van der Waals surface area (Å²) in [6.07, 6.45) is 0.431. The number of thioether (sulfide) groups is 1. The van der Waals surface area contributed by atoms with Gasteiger partial charge < -0.3 is 10.2 Å². The van der Waals surface area contributed by atoms with Crippen LogP contribution in [0.25, 0.3) is 0 Å². The molecule has 1 N–H and O–H groups in total. The Labute approximate surface area is 197 Å². The molecule has 0 saturated heterocycles. The molecule has 0 aromatic heterocycles. The van der Waals surface area contributed by atoms with Crippen LogP contribution in [-0.2, 0) is 21.9 Å². The average molecular weight is 483 g/mol. The van der Waals surface area contributed by atoms with Gasteiger partial charge in [0.1, 0.15) is 17.7 Å². The van der Waals surface area contributed by atoms with E-state index in [-0.39, 0.29) is 41.6 Å². The minimum absolute atomic E-state index is 0.0554. The molecule has 2 amide bonds. The lowest BCUT2D eigenvalue weighted by atomic mass is 10.1. The summed E-state index contributed by atoms with van der Waals surface area (Å²) in [6, 6.07) is 9.65. The van der Waals surface area contributed by atoms with Crippen LogP contribution in [0.3, 0.4) is 0 Å². The highest BCUT2D eigenvalue weighted by atomic mass is 35.5. The van der Waals surface area contributed by atoms with Crippen LogP contribution in [0.5, 0.6) is 0 Å². The van der Waals surface area contributed by atoms with Crippen molar-refractivity contribution in [3.8, 4) is 0 Å². The van der Waals surface area contributed by atoms with Crippen LogP contribution < -0.4 is 5.32 Å². The fourth-order valence-electron chi connectivity index (χ4n) is 3.12. The maximum Gasteiger partial charge on any atom is 0.242 e. The van der Waals surface area contributed by atoms with E-state index >= 15 is 0 Å². The highest BCUT2D eigenvalue weighted by molar-refractivity contribution is 7.99. The number of nitrogens with zero attached hydrogens (tertiary/aromatic N) is 1. The first-order valence-electron chi connectivity index (χ1n) is 10.5. The molecule has 1 atom stereocenters. The van der Waals surface area contributed by atoms with Crippen molar-refractivity contribution < 1.29 is 18.4 Å². The summed E-state index contributed by atoms with van der Waals surface area (Å²) in [4.78, 5) is 27.5. The van der Waals surface area contributed by atoms with Gasteiger partial charge in [0.25, 0.3) is 0 Å². The number of carbonyl (C=O) groups is 2. The van der Waals surface area contributed by atoms with Crippen molar-refractivity contribution in [2.45, 2.75) is 45.5 Å². The average Bonchev–Trinajstić information content (AvgIpc) is 2.75. The maximum atomic E-state index is 14.0. The van der Waals surface area contributed by atoms with Gasteiger partial charge in [0.15, 0.2) is 0 Å². The molecule has 0 bridgehead atoms. The van der Waals surface area contributed by atoms with E-state index in [0.717, 1.165) is 5.56 Å². The summed E-state index contributed by atoms with van der Waals surface area (Å²) in [5.41, 5.74) is 1.07. The molecule has 0 aliphatic rings. The third-order valence-electron chi connectivity index (χ3n) is 4.87. The van der Waals surface area contributed by atoms with E-state index in [0.29, 0.717) is 23.6 Å². The van der Waals surface area contributed by atoms with Crippen LogP contribution in [0, 0.1) is 17.6 Å². The molecule has 2 aromatic carbocycles. The topological polar surface area (TPSA) is 49.4 Å². The molecular weight excluding hydrogens is 454 g/mol. The van der Waals surface area contributed by atoms with Crippen molar-refractivity contribution in [3.05, 3.63) is 70.2 Å². The number of hydrogen-bond acceptors (Lipinski definition) is 3. The first-order chi connectivity index (χ1) is 15.2. The number of halogens is 3. The summed E-state index contributed by atoms with van der Waals surface area (Å²) < 4.78 is 27.3. The lowest BCUT2D eigenvalue weighted by Crippen LogP contribution is -2.50. The second-order valence-electron chi connectivity index (χ2n) is 7.90. The summed E-state index contributed by atoms with van der Waals surface area (Å²) in [7, 11) is 0. The van der Waals surface area contributed by atoms with Gasteiger partial charge in [-0.2, -0.15) is 0 Å². The summed E-state index contributed by atoms with van der Waals surface area (Å²) in [5.74, 6) is -0.695. The Balaban J connectivity index is 2.15. The van der Waals surface area contributed by atoms with Crippen molar-refractivity contribution in [2.75, 3.05) is 12.3 Å². The summed E-state index contributed by atoms with van der Waals surface area (Å²) >= 11 is 7.30. The number of hydrogen-bond donors (Lipinski definition) is 1. The van der Waals surface area contributed by atoms with Crippen LogP contribution in [0.15, 0.2) is 42.5 Å². The van der Waals surface area contributed by atoms with Crippen molar-refractivity contribution >= 4 is 35.2 Å². The quantitative estimate of drug-likeness (QED) is 0.464. The number of carbonyl (C=O) groups excluding carboxylic acids is 2. The zero-order valence-electron chi connectivity index (χ0n) is 18.5. The molecule has 2 aromatic rings. The highest BCUT2D eigenvalue weighted by Crippen LogP contribution is 2.24. The van der Waals surface area contributed by atoms with Crippen molar-refractivity contribution in [2.24, 2.45) is 5.92 Å². The molecule has 0 saturated carbocycles. The van der Waals surface area contributed by atoms with E-state index < -0.39 is 11.9 Å². The predicted octanol–water partition coefficient (Wildman–Crippen LogP) is 5.43. The molecule has 0 aliphatic carbocycles. The first kappa shape index (κ1) is 26.1. The molecule has 32 heavy (non-hydrogen) atoms. The molecular formula is C24H29ClF2N2O2S. The van der Waals surface area contributed by atoms with Gasteiger partial charge in [-0.15, -0.1) is 11.8 Å². The Morgan fingerprint density at radius 3 is 2.41 bits per heavy atom. The van der Waals surface area contributed by atoms with Gasteiger partial charge >= 0.3 is 0 Å². The minimum atomic E-state index is -0.663. The summed E-state index contributed by atoms with van der Waals surface area (Å²) in [6.45, 7) is 6.51. The zero-order valence-corrected chi connectivity index (χ0v) is 20.1. The number of nitrogens with one attached hydrogen (secondary N) is 1. The molecule has 0 fully saturated rings.